The summed E-state index contributed by atoms with van der Waals surface area (Å²) in [4.78, 5) is 18.9. The maximum absolute atomic E-state index is 12.5. The molecule has 0 radical (unpaired) electrons. The smallest absolute Gasteiger partial charge is 0.237 e. The van der Waals surface area contributed by atoms with Crippen molar-refractivity contribution in [3.05, 3.63) is 59.7 Å². The molecule has 2 heterocycles. The molecule has 0 atom stereocenters. The number of fused-ring (bicyclic) bond motifs is 1. The molecule has 1 aliphatic rings. The van der Waals surface area contributed by atoms with Crippen molar-refractivity contribution in [3.63, 3.8) is 0 Å². The summed E-state index contributed by atoms with van der Waals surface area (Å²) in [5.74, 6) is 1.15. The van der Waals surface area contributed by atoms with E-state index >= 15 is 0 Å². The first-order valence-corrected chi connectivity index (χ1v) is 9.20. The lowest BCUT2D eigenvalue weighted by molar-refractivity contribution is -0.116. The second kappa shape index (κ2) is 6.72. The van der Waals surface area contributed by atoms with Crippen LogP contribution in [0.3, 0.4) is 0 Å². The van der Waals surface area contributed by atoms with Crippen LogP contribution in [0.25, 0.3) is 11.4 Å². The molecule has 6 heteroatoms. The summed E-state index contributed by atoms with van der Waals surface area (Å²) in [5.41, 5.74) is 4.46. The Kier molecular flexibility index (Phi) is 4.28. The molecular formula is C19H18N4OS. The molecule has 0 bridgehead atoms. The highest BCUT2D eigenvalue weighted by molar-refractivity contribution is 7.99. The normalized spacial score (nSPS) is 13.1. The molecule has 1 aliphatic heterocycles. The van der Waals surface area contributed by atoms with Crippen LogP contribution in [0.1, 0.15) is 11.1 Å². The lowest BCUT2D eigenvalue weighted by Gasteiger charge is -2.16. The first kappa shape index (κ1) is 15.9. The Bertz CT molecular complexity index is 904. The number of benzene rings is 2. The Morgan fingerprint density at radius 2 is 2.00 bits per heavy atom. The fourth-order valence-corrected chi connectivity index (χ4v) is 3.63. The molecule has 2 aromatic carbocycles. The summed E-state index contributed by atoms with van der Waals surface area (Å²) >= 11 is 1.36. The van der Waals surface area contributed by atoms with Gasteiger partial charge in [0.25, 0.3) is 0 Å². The number of H-pyrrole nitrogens is 1. The first-order valence-electron chi connectivity index (χ1n) is 8.21. The molecule has 0 saturated heterocycles. The molecule has 0 aliphatic carbocycles. The molecule has 1 amide bonds. The molecule has 0 fully saturated rings. The summed E-state index contributed by atoms with van der Waals surface area (Å²) in [5, 5.41) is 7.75. The van der Waals surface area contributed by atoms with Crippen LogP contribution in [0.15, 0.2) is 53.7 Å². The molecule has 0 spiro atoms. The SMILES string of the molecule is Cc1ccc(-c2nc(SCC(=O)N3CCc4ccccc43)n[nH]2)cc1. The Morgan fingerprint density at radius 1 is 1.20 bits per heavy atom. The zero-order chi connectivity index (χ0) is 17.2. The highest BCUT2D eigenvalue weighted by atomic mass is 32.2. The highest BCUT2D eigenvalue weighted by Crippen LogP contribution is 2.28. The van der Waals surface area contributed by atoms with E-state index in [1.54, 1.807) is 0 Å². The number of hydrogen-bond acceptors (Lipinski definition) is 4. The van der Waals surface area contributed by atoms with Crippen molar-refractivity contribution >= 4 is 23.4 Å². The van der Waals surface area contributed by atoms with Gasteiger partial charge in [-0.15, -0.1) is 5.10 Å². The number of carbonyl (C=O) groups excluding carboxylic acids is 1. The minimum Gasteiger partial charge on any atom is -0.311 e. The summed E-state index contributed by atoms with van der Waals surface area (Å²) in [6.45, 7) is 2.80. The average Bonchev–Trinajstić information content (AvgIpc) is 3.27. The van der Waals surface area contributed by atoms with E-state index < -0.39 is 0 Å². The van der Waals surface area contributed by atoms with Crippen LogP contribution in [0.2, 0.25) is 0 Å². The second-order valence-corrected chi connectivity index (χ2v) is 6.99. The first-order chi connectivity index (χ1) is 12.2. The van der Waals surface area contributed by atoms with Crippen molar-refractivity contribution in [2.24, 2.45) is 0 Å². The zero-order valence-corrected chi connectivity index (χ0v) is 14.7. The number of amides is 1. The largest absolute Gasteiger partial charge is 0.311 e. The minimum atomic E-state index is 0.0941. The van der Waals surface area contributed by atoms with Gasteiger partial charge in [0.2, 0.25) is 11.1 Å². The van der Waals surface area contributed by atoms with Crippen molar-refractivity contribution in [1.29, 1.82) is 0 Å². The van der Waals surface area contributed by atoms with Gasteiger partial charge < -0.3 is 4.90 Å². The number of nitrogens with one attached hydrogen (secondary N) is 1. The van der Waals surface area contributed by atoms with E-state index in [2.05, 4.69) is 21.2 Å². The maximum Gasteiger partial charge on any atom is 0.237 e. The Labute approximate surface area is 150 Å². The quantitative estimate of drug-likeness (QED) is 0.732. The lowest BCUT2D eigenvalue weighted by atomic mass is 10.1. The number of hydrogen-bond donors (Lipinski definition) is 1. The predicted molar refractivity (Wildman–Crippen MR) is 99.8 cm³/mol. The second-order valence-electron chi connectivity index (χ2n) is 6.05. The third-order valence-electron chi connectivity index (χ3n) is 4.30. The lowest BCUT2D eigenvalue weighted by Crippen LogP contribution is -2.30. The standard InChI is InChI=1S/C19H18N4OS/c1-13-6-8-15(9-7-13)18-20-19(22-21-18)25-12-17(24)23-11-10-14-4-2-3-5-16(14)23/h2-9H,10-12H2,1H3,(H,20,21,22). The van der Waals surface area contributed by atoms with E-state index in [0.717, 1.165) is 30.0 Å². The van der Waals surface area contributed by atoms with E-state index in [-0.39, 0.29) is 5.91 Å². The number of aromatic amines is 1. The van der Waals surface area contributed by atoms with E-state index in [0.29, 0.717) is 10.9 Å². The molecule has 1 aromatic heterocycles. The Morgan fingerprint density at radius 3 is 2.84 bits per heavy atom. The van der Waals surface area contributed by atoms with Gasteiger partial charge in [0.15, 0.2) is 5.82 Å². The van der Waals surface area contributed by atoms with Gasteiger partial charge in [0, 0.05) is 17.8 Å². The van der Waals surface area contributed by atoms with Gasteiger partial charge in [-0.2, -0.15) is 0 Å². The van der Waals surface area contributed by atoms with Gasteiger partial charge in [-0.1, -0.05) is 59.8 Å². The van der Waals surface area contributed by atoms with Crippen molar-refractivity contribution in [3.8, 4) is 11.4 Å². The monoisotopic (exact) mass is 350 g/mol. The van der Waals surface area contributed by atoms with Crippen LogP contribution < -0.4 is 4.90 Å². The zero-order valence-electron chi connectivity index (χ0n) is 13.9. The molecule has 3 aromatic rings. The van der Waals surface area contributed by atoms with E-state index in [9.17, 15) is 4.79 Å². The maximum atomic E-state index is 12.5. The predicted octanol–water partition coefficient (Wildman–Crippen LogP) is 3.46. The van der Waals surface area contributed by atoms with Crippen molar-refractivity contribution in [2.45, 2.75) is 18.5 Å². The minimum absolute atomic E-state index is 0.0941. The van der Waals surface area contributed by atoms with Gasteiger partial charge >= 0.3 is 0 Å². The topological polar surface area (TPSA) is 61.9 Å². The summed E-state index contributed by atoms with van der Waals surface area (Å²) in [6, 6.07) is 16.2. The number of aryl methyl sites for hydroxylation is 1. The van der Waals surface area contributed by atoms with Crippen LogP contribution in [0.4, 0.5) is 5.69 Å². The van der Waals surface area contributed by atoms with Crippen LogP contribution in [0, 0.1) is 6.92 Å². The molecule has 0 saturated carbocycles. The van der Waals surface area contributed by atoms with Crippen LogP contribution in [-0.4, -0.2) is 33.4 Å². The Hall–Kier alpha value is -2.60. The van der Waals surface area contributed by atoms with Crippen LogP contribution in [-0.2, 0) is 11.2 Å². The van der Waals surface area contributed by atoms with Gasteiger partial charge in [0.1, 0.15) is 0 Å². The molecule has 0 unspecified atom stereocenters. The molecule has 1 N–H and O–H groups in total. The fourth-order valence-electron chi connectivity index (χ4n) is 2.95. The number of para-hydroxylation sites is 1. The third-order valence-corrected chi connectivity index (χ3v) is 5.13. The van der Waals surface area contributed by atoms with Gasteiger partial charge in [-0.3, -0.25) is 9.89 Å². The number of anilines is 1. The van der Waals surface area contributed by atoms with Gasteiger partial charge in [-0.25, -0.2) is 4.98 Å². The van der Waals surface area contributed by atoms with Crippen LogP contribution in [0.5, 0.6) is 0 Å². The number of thioether (sulfide) groups is 1. The molecule has 126 valence electrons. The molecule has 25 heavy (non-hydrogen) atoms. The highest BCUT2D eigenvalue weighted by Gasteiger charge is 2.24. The molecule has 5 nitrogen and oxygen atoms in total. The van der Waals surface area contributed by atoms with Crippen molar-refractivity contribution in [1.82, 2.24) is 15.2 Å². The van der Waals surface area contributed by atoms with E-state index in [4.69, 9.17) is 0 Å². The van der Waals surface area contributed by atoms with Crippen molar-refractivity contribution in [2.75, 3.05) is 17.2 Å². The Balaban J connectivity index is 1.41. The average molecular weight is 350 g/mol. The number of carbonyl (C=O) groups is 1. The summed E-state index contributed by atoms with van der Waals surface area (Å²) in [7, 11) is 0. The molecular weight excluding hydrogens is 332 g/mol. The summed E-state index contributed by atoms with van der Waals surface area (Å²) in [6.07, 6.45) is 0.921. The fraction of sp³-hybridized carbons (Fsp3) is 0.211. The number of aromatic nitrogens is 3. The van der Waals surface area contributed by atoms with Gasteiger partial charge in [0.05, 0.1) is 5.75 Å². The van der Waals surface area contributed by atoms with Gasteiger partial charge in [-0.05, 0) is 25.0 Å². The molecule has 4 rings (SSSR count). The third kappa shape index (κ3) is 3.30. The number of rotatable bonds is 4. The van der Waals surface area contributed by atoms with E-state index in [1.807, 2.05) is 54.3 Å². The summed E-state index contributed by atoms with van der Waals surface area (Å²) < 4.78 is 0. The van der Waals surface area contributed by atoms with Crippen LogP contribution >= 0.6 is 11.8 Å². The number of nitrogens with zero attached hydrogens (tertiary/aromatic N) is 3. The van der Waals surface area contributed by atoms with E-state index in [1.165, 1.54) is 22.9 Å². The van der Waals surface area contributed by atoms with Crippen molar-refractivity contribution < 1.29 is 4.79 Å².